The molecule has 9 nitrogen and oxygen atoms in total. The van der Waals surface area contributed by atoms with Crippen LogP contribution >= 0.6 is 0 Å². The van der Waals surface area contributed by atoms with E-state index in [4.69, 9.17) is 18.6 Å². The number of phenolic OH excluding ortho intramolecular Hbond substituents is 3. The molecular weight excluding hydrogens is 468 g/mol. The van der Waals surface area contributed by atoms with E-state index in [2.05, 4.69) is 0 Å². The normalized spacial score (nSPS) is 11.8. The fourth-order valence-corrected chi connectivity index (χ4v) is 4.11. The molecule has 0 saturated carbocycles. The van der Waals surface area contributed by atoms with Crippen LogP contribution < -0.4 is 14.9 Å². The predicted molar refractivity (Wildman–Crippen MR) is 131 cm³/mol. The molecule has 0 amide bonds. The average Bonchev–Trinajstić information content (AvgIpc) is 2.90. The highest BCUT2D eigenvalue weighted by Crippen LogP contribution is 2.50. The summed E-state index contributed by atoms with van der Waals surface area (Å²) in [5.74, 6) is -3.16. The Bertz CT molecular complexity index is 1470. The van der Waals surface area contributed by atoms with Crippen LogP contribution in [0.25, 0.3) is 22.3 Å². The van der Waals surface area contributed by atoms with Gasteiger partial charge in [0.2, 0.25) is 5.75 Å². The Balaban J connectivity index is 2.10. The van der Waals surface area contributed by atoms with Gasteiger partial charge in [-0.15, -0.1) is 0 Å². The molecule has 4 aromatic rings. The van der Waals surface area contributed by atoms with Crippen molar-refractivity contribution in [3.63, 3.8) is 0 Å². The van der Waals surface area contributed by atoms with Crippen molar-refractivity contribution in [3.8, 4) is 40.1 Å². The van der Waals surface area contributed by atoms with Crippen LogP contribution in [0.2, 0.25) is 0 Å². The van der Waals surface area contributed by atoms with E-state index in [0.717, 1.165) is 0 Å². The molecule has 1 unspecified atom stereocenters. The summed E-state index contributed by atoms with van der Waals surface area (Å²) in [5.41, 5.74) is 0.0815. The zero-order valence-corrected chi connectivity index (χ0v) is 19.8. The third-order valence-electron chi connectivity index (χ3n) is 5.91. The highest BCUT2D eigenvalue weighted by molar-refractivity contribution is 5.93. The highest BCUT2D eigenvalue weighted by Gasteiger charge is 2.31. The van der Waals surface area contributed by atoms with Crippen LogP contribution in [0, 0.1) is 0 Å². The Morgan fingerprint density at radius 1 is 0.889 bits per heavy atom. The van der Waals surface area contributed by atoms with Crippen molar-refractivity contribution in [2.24, 2.45) is 0 Å². The number of benzene rings is 3. The molecule has 9 heteroatoms. The first-order chi connectivity index (χ1) is 17.3. The van der Waals surface area contributed by atoms with Crippen molar-refractivity contribution in [3.05, 3.63) is 75.9 Å². The maximum Gasteiger partial charge on any atom is 0.306 e. The zero-order chi connectivity index (χ0) is 26.0. The summed E-state index contributed by atoms with van der Waals surface area (Å²) in [6.07, 6.45) is -0.307. The van der Waals surface area contributed by atoms with E-state index < -0.39 is 34.6 Å². The summed E-state index contributed by atoms with van der Waals surface area (Å²) in [5, 5.41) is 31.8. The lowest BCUT2D eigenvalue weighted by atomic mass is 9.85. The summed E-state index contributed by atoms with van der Waals surface area (Å²) in [7, 11) is 4.13. The number of fused-ring (bicyclic) bond motifs is 1. The summed E-state index contributed by atoms with van der Waals surface area (Å²) in [4.78, 5) is 25.6. The van der Waals surface area contributed by atoms with Crippen LogP contribution in [0.4, 0.5) is 0 Å². The van der Waals surface area contributed by atoms with Gasteiger partial charge in [-0.3, -0.25) is 9.59 Å². The number of hydrogen-bond donors (Lipinski definition) is 3. The van der Waals surface area contributed by atoms with Crippen LogP contribution in [-0.4, -0.2) is 42.6 Å². The summed E-state index contributed by atoms with van der Waals surface area (Å²) in [6, 6.07) is 14.8. The van der Waals surface area contributed by atoms with Gasteiger partial charge >= 0.3 is 5.97 Å². The van der Waals surface area contributed by atoms with E-state index >= 15 is 0 Å². The SMILES string of the molecule is COC(=O)CC(c1cc(OC)cc(OC)c1)c1c(O)c(O)c(O)c2c(=O)cc(-c3ccccc3)oc12. The van der Waals surface area contributed by atoms with E-state index in [1.165, 1.54) is 27.4 Å². The van der Waals surface area contributed by atoms with Crippen molar-refractivity contribution in [2.75, 3.05) is 21.3 Å². The van der Waals surface area contributed by atoms with Crippen molar-refractivity contribution >= 4 is 16.9 Å². The fraction of sp³-hybridized carbons (Fsp3) is 0.185. The molecule has 0 fully saturated rings. The molecule has 0 spiro atoms. The minimum absolute atomic E-state index is 0.0871. The minimum Gasteiger partial charge on any atom is -0.504 e. The van der Waals surface area contributed by atoms with Crippen LogP contribution in [0.3, 0.4) is 0 Å². The van der Waals surface area contributed by atoms with Gasteiger partial charge in [0, 0.05) is 29.2 Å². The number of aromatic hydroxyl groups is 3. The van der Waals surface area contributed by atoms with Gasteiger partial charge < -0.3 is 33.9 Å². The fourth-order valence-electron chi connectivity index (χ4n) is 4.11. The number of carbonyl (C=O) groups excluding carboxylic acids is 1. The lowest BCUT2D eigenvalue weighted by Gasteiger charge is -2.22. The second kappa shape index (κ2) is 9.91. The number of ether oxygens (including phenoxy) is 3. The van der Waals surface area contributed by atoms with Crippen LogP contribution in [0.1, 0.15) is 23.5 Å². The van der Waals surface area contributed by atoms with E-state index in [1.54, 1.807) is 48.5 Å². The summed E-state index contributed by atoms with van der Waals surface area (Å²) in [6.45, 7) is 0. The maximum absolute atomic E-state index is 13.1. The standard InChI is InChI=1S/C27H24O9/c1-33-16-9-15(10-17(11-16)34-2)18(12-21(29)35-3)22-24(30)26(32)25(31)23-19(28)13-20(36-27(22)23)14-7-5-4-6-8-14/h4-11,13,18,30-32H,12H2,1-3H3. The van der Waals surface area contributed by atoms with Crippen molar-refractivity contribution in [1.82, 2.24) is 0 Å². The first-order valence-corrected chi connectivity index (χ1v) is 10.9. The molecule has 0 aliphatic heterocycles. The molecule has 1 atom stereocenters. The number of methoxy groups -OCH3 is 3. The molecule has 0 radical (unpaired) electrons. The number of hydrogen-bond acceptors (Lipinski definition) is 9. The number of phenols is 3. The van der Waals surface area contributed by atoms with Gasteiger partial charge in [0.25, 0.3) is 0 Å². The number of esters is 1. The maximum atomic E-state index is 13.1. The third-order valence-corrected chi connectivity index (χ3v) is 5.91. The van der Waals surface area contributed by atoms with E-state index in [9.17, 15) is 24.9 Å². The van der Waals surface area contributed by atoms with Gasteiger partial charge in [-0.1, -0.05) is 30.3 Å². The van der Waals surface area contributed by atoms with Crippen LogP contribution in [-0.2, 0) is 9.53 Å². The average molecular weight is 492 g/mol. The molecule has 1 aromatic heterocycles. The Kier molecular flexibility index (Phi) is 6.73. The van der Waals surface area contributed by atoms with Gasteiger partial charge in [0.1, 0.15) is 28.2 Å². The smallest absolute Gasteiger partial charge is 0.306 e. The Morgan fingerprint density at radius 3 is 2.11 bits per heavy atom. The molecule has 0 aliphatic carbocycles. The topological polar surface area (TPSA) is 136 Å². The lowest BCUT2D eigenvalue weighted by molar-refractivity contribution is -0.140. The number of carbonyl (C=O) groups is 1. The van der Waals surface area contributed by atoms with Gasteiger partial charge in [-0.2, -0.15) is 0 Å². The van der Waals surface area contributed by atoms with Gasteiger partial charge in [0.15, 0.2) is 16.9 Å². The Hall–Kier alpha value is -4.66. The van der Waals surface area contributed by atoms with Crippen molar-refractivity contribution in [2.45, 2.75) is 12.3 Å². The Labute approximate surface area is 205 Å². The first-order valence-electron chi connectivity index (χ1n) is 10.9. The zero-order valence-electron chi connectivity index (χ0n) is 19.8. The van der Waals surface area contributed by atoms with Crippen molar-refractivity contribution in [1.29, 1.82) is 0 Å². The second-order valence-corrected chi connectivity index (χ2v) is 7.98. The molecule has 0 bridgehead atoms. The van der Waals surface area contributed by atoms with Crippen LogP contribution in [0.15, 0.2) is 63.8 Å². The van der Waals surface area contributed by atoms with E-state index in [-0.39, 0.29) is 28.7 Å². The predicted octanol–water partition coefficient (Wildman–Crippen LogP) is 4.29. The molecule has 186 valence electrons. The number of rotatable bonds is 7. The summed E-state index contributed by atoms with van der Waals surface area (Å²) < 4.78 is 21.6. The largest absolute Gasteiger partial charge is 0.504 e. The minimum atomic E-state index is -0.996. The quantitative estimate of drug-likeness (QED) is 0.255. The summed E-state index contributed by atoms with van der Waals surface area (Å²) >= 11 is 0. The molecule has 3 aromatic carbocycles. The molecule has 0 saturated heterocycles. The molecule has 1 heterocycles. The molecule has 4 rings (SSSR count). The Morgan fingerprint density at radius 2 is 1.53 bits per heavy atom. The first kappa shape index (κ1) is 24.5. The molecule has 36 heavy (non-hydrogen) atoms. The second-order valence-electron chi connectivity index (χ2n) is 7.98. The van der Waals surface area contributed by atoms with Gasteiger partial charge in [0.05, 0.1) is 27.8 Å². The van der Waals surface area contributed by atoms with E-state index in [0.29, 0.717) is 22.6 Å². The van der Waals surface area contributed by atoms with E-state index in [1.807, 2.05) is 0 Å². The molecule has 3 N–H and O–H groups in total. The monoisotopic (exact) mass is 492 g/mol. The molecule has 0 aliphatic rings. The lowest BCUT2D eigenvalue weighted by Crippen LogP contribution is -2.13. The van der Waals surface area contributed by atoms with Gasteiger partial charge in [-0.25, -0.2) is 0 Å². The van der Waals surface area contributed by atoms with Crippen LogP contribution in [0.5, 0.6) is 28.7 Å². The molecular formula is C27H24O9. The van der Waals surface area contributed by atoms with Crippen molar-refractivity contribution < 1.29 is 38.7 Å². The van der Waals surface area contributed by atoms with Gasteiger partial charge in [-0.05, 0) is 17.7 Å². The third kappa shape index (κ3) is 4.38. The highest BCUT2D eigenvalue weighted by atomic mass is 16.5.